The molecule has 1 aromatic heterocycles. The molecule has 1 aliphatic heterocycles. The van der Waals surface area contributed by atoms with Crippen molar-refractivity contribution in [2.24, 2.45) is 5.92 Å². The number of oxazole rings is 1. The van der Waals surface area contributed by atoms with Crippen molar-refractivity contribution in [3.05, 3.63) is 28.3 Å². The number of nitrogens with zero attached hydrogens (tertiary/aromatic N) is 3. The Balaban J connectivity index is 1.51. The number of hydrogen-bond acceptors (Lipinski definition) is 7. The van der Waals surface area contributed by atoms with Crippen LogP contribution in [0.2, 0.25) is 0 Å². The van der Waals surface area contributed by atoms with Crippen molar-refractivity contribution in [1.29, 1.82) is 0 Å². The van der Waals surface area contributed by atoms with Gasteiger partial charge in [-0.25, -0.2) is 4.79 Å². The van der Waals surface area contributed by atoms with Gasteiger partial charge >= 0.3 is 6.09 Å². The van der Waals surface area contributed by atoms with Crippen LogP contribution in [0.25, 0.3) is 11.1 Å². The van der Waals surface area contributed by atoms with Gasteiger partial charge in [-0.3, -0.25) is 10.1 Å². The number of non-ortho nitro benzene ring substituents is 1. The van der Waals surface area contributed by atoms with E-state index in [2.05, 4.69) is 10.3 Å². The number of piperidine rings is 1. The maximum absolute atomic E-state index is 12.1. The lowest BCUT2D eigenvalue weighted by molar-refractivity contribution is -0.384. The number of likely N-dealkylation sites (tertiary alicyclic amines) is 1. The number of fused-ring (bicyclic) bond motifs is 1. The third-order valence-electron chi connectivity index (χ3n) is 4.39. The van der Waals surface area contributed by atoms with Gasteiger partial charge in [0.05, 0.1) is 4.92 Å². The molecule has 3 rings (SSSR count). The summed E-state index contributed by atoms with van der Waals surface area (Å²) in [5.74, 6) is 0.382. The van der Waals surface area contributed by atoms with E-state index in [1.807, 2.05) is 20.8 Å². The largest absolute Gasteiger partial charge is 0.444 e. The molecule has 9 heteroatoms. The number of nitro benzene ring substituents is 1. The molecule has 1 fully saturated rings. The van der Waals surface area contributed by atoms with Gasteiger partial charge in [0.1, 0.15) is 11.1 Å². The lowest BCUT2D eigenvalue weighted by atomic mass is 9.97. The SMILES string of the molecule is CC(C)(C)OC(=O)N1CCC(CNc2nc3cc([N+](=O)[O-])ccc3o2)CC1. The van der Waals surface area contributed by atoms with Crippen LogP contribution in [0.15, 0.2) is 22.6 Å². The summed E-state index contributed by atoms with van der Waals surface area (Å²) in [6.07, 6.45) is 1.45. The van der Waals surface area contributed by atoms with Crippen molar-refractivity contribution in [3.8, 4) is 0 Å². The molecule has 1 aromatic carbocycles. The van der Waals surface area contributed by atoms with Crippen LogP contribution in [-0.2, 0) is 4.74 Å². The lowest BCUT2D eigenvalue weighted by Gasteiger charge is -2.33. The Labute approximate surface area is 156 Å². The van der Waals surface area contributed by atoms with Gasteiger partial charge < -0.3 is 19.4 Å². The molecule has 0 spiro atoms. The van der Waals surface area contributed by atoms with Crippen molar-refractivity contribution in [1.82, 2.24) is 9.88 Å². The number of hydrogen-bond donors (Lipinski definition) is 1. The Kier molecular flexibility index (Phi) is 5.20. The van der Waals surface area contributed by atoms with Gasteiger partial charge in [-0.1, -0.05) is 0 Å². The number of benzene rings is 1. The van der Waals surface area contributed by atoms with E-state index in [1.54, 1.807) is 11.0 Å². The van der Waals surface area contributed by atoms with Crippen LogP contribution in [0, 0.1) is 16.0 Å². The Hall–Kier alpha value is -2.84. The maximum atomic E-state index is 12.1. The van der Waals surface area contributed by atoms with Gasteiger partial charge in [-0.05, 0) is 45.6 Å². The highest BCUT2D eigenvalue weighted by Gasteiger charge is 2.27. The summed E-state index contributed by atoms with van der Waals surface area (Å²) in [6, 6.07) is 4.68. The summed E-state index contributed by atoms with van der Waals surface area (Å²) in [6.45, 7) is 7.54. The molecule has 0 atom stereocenters. The molecule has 9 nitrogen and oxygen atoms in total. The zero-order chi connectivity index (χ0) is 19.6. The number of nitrogens with one attached hydrogen (secondary N) is 1. The maximum Gasteiger partial charge on any atom is 0.410 e. The minimum absolute atomic E-state index is 0.0168. The summed E-state index contributed by atoms with van der Waals surface area (Å²) in [7, 11) is 0. The number of anilines is 1. The van der Waals surface area contributed by atoms with Gasteiger partial charge in [0, 0.05) is 31.8 Å². The first-order valence-corrected chi connectivity index (χ1v) is 8.98. The second-order valence-corrected chi connectivity index (χ2v) is 7.72. The number of ether oxygens (including phenoxy) is 1. The van der Waals surface area contributed by atoms with Crippen LogP contribution < -0.4 is 5.32 Å². The summed E-state index contributed by atoms with van der Waals surface area (Å²) in [5.41, 5.74) is 0.448. The van der Waals surface area contributed by atoms with E-state index in [4.69, 9.17) is 9.15 Å². The first-order chi connectivity index (χ1) is 12.7. The van der Waals surface area contributed by atoms with Crippen LogP contribution in [0.5, 0.6) is 0 Å². The van der Waals surface area contributed by atoms with Crippen LogP contribution in [0.4, 0.5) is 16.5 Å². The standard InChI is InChI=1S/C18H24N4O5/c1-18(2,3)27-17(23)21-8-6-12(7-9-21)11-19-16-20-14-10-13(22(24)25)4-5-15(14)26-16/h4-5,10,12H,6-9,11H2,1-3H3,(H,19,20). The summed E-state index contributed by atoms with van der Waals surface area (Å²) in [4.78, 5) is 28.5. The van der Waals surface area contributed by atoms with Crippen LogP contribution >= 0.6 is 0 Å². The number of aromatic nitrogens is 1. The van der Waals surface area contributed by atoms with Crippen molar-refractivity contribution >= 4 is 28.9 Å². The summed E-state index contributed by atoms with van der Waals surface area (Å²) in [5, 5.41) is 14.0. The van der Waals surface area contributed by atoms with Crippen molar-refractivity contribution < 1.29 is 18.9 Å². The van der Waals surface area contributed by atoms with E-state index < -0.39 is 10.5 Å². The van der Waals surface area contributed by atoms with E-state index in [1.165, 1.54) is 12.1 Å². The molecular formula is C18H24N4O5. The fourth-order valence-electron chi connectivity index (χ4n) is 2.98. The lowest BCUT2D eigenvalue weighted by Crippen LogP contribution is -2.42. The topological polar surface area (TPSA) is 111 Å². The van der Waals surface area contributed by atoms with Crippen LogP contribution in [-0.4, -0.2) is 46.1 Å². The molecular weight excluding hydrogens is 352 g/mol. The average Bonchev–Trinajstić information content (AvgIpc) is 3.01. The molecule has 0 aliphatic carbocycles. The quantitative estimate of drug-likeness (QED) is 0.638. The predicted molar refractivity (Wildman–Crippen MR) is 99.7 cm³/mol. The monoisotopic (exact) mass is 376 g/mol. The molecule has 146 valence electrons. The number of nitro groups is 1. The first kappa shape index (κ1) is 18.9. The molecule has 1 N–H and O–H groups in total. The zero-order valence-electron chi connectivity index (χ0n) is 15.7. The zero-order valence-corrected chi connectivity index (χ0v) is 15.7. The highest BCUT2D eigenvalue weighted by atomic mass is 16.6. The smallest absolute Gasteiger partial charge is 0.410 e. The summed E-state index contributed by atoms with van der Waals surface area (Å²) < 4.78 is 11.0. The van der Waals surface area contributed by atoms with E-state index in [0.29, 0.717) is 42.7 Å². The Bertz CT molecular complexity index is 834. The van der Waals surface area contributed by atoms with Gasteiger partial charge in [-0.15, -0.1) is 0 Å². The minimum atomic E-state index is -0.489. The molecule has 1 saturated heterocycles. The Morgan fingerprint density at radius 2 is 2.11 bits per heavy atom. The fraction of sp³-hybridized carbons (Fsp3) is 0.556. The highest BCUT2D eigenvalue weighted by molar-refractivity contribution is 5.77. The van der Waals surface area contributed by atoms with E-state index in [-0.39, 0.29) is 11.8 Å². The molecule has 1 aliphatic rings. The third-order valence-corrected chi connectivity index (χ3v) is 4.39. The predicted octanol–water partition coefficient (Wildman–Crippen LogP) is 3.80. The van der Waals surface area contributed by atoms with Gasteiger partial charge in [0.2, 0.25) is 0 Å². The third kappa shape index (κ3) is 4.87. The van der Waals surface area contributed by atoms with Crippen molar-refractivity contribution in [2.45, 2.75) is 39.2 Å². The number of amides is 1. The molecule has 2 heterocycles. The van der Waals surface area contributed by atoms with E-state index in [0.717, 1.165) is 12.8 Å². The molecule has 0 unspecified atom stereocenters. The molecule has 0 saturated carbocycles. The second-order valence-electron chi connectivity index (χ2n) is 7.72. The first-order valence-electron chi connectivity index (χ1n) is 8.98. The number of rotatable bonds is 4. The Morgan fingerprint density at radius 1 is 1.41 bits per heavy atom. The van der Waals surface area contributed by atoms with Gasteiger partial charge in [0.25, 0.3) is 11.7 Å². The second kappa shape index (κ2) is 7.42. The highest BCUT2D eigenvalue weighted by Crippen LogP contribution is 2.25. The van der Waals surface area contributed by atoms with E-state index in [9.17, 15) is 14.9 Å². The fourth-order valence-corrected chi connectivity index (χ4v) is 2.98. The van der Waals surface area contributed by atoms with Crippen LogP contribution in [0.3, 0.4) is 0 Å². The molecule has 0 bridgehead atoms. The average molecular weight is 376 g/mol. The van der Waals surface area contributed by atoms with E-state index >= 15 is 0 Å². The molecule has 2 aromatic rings. The van der Waals surface area contributed by atoms with Gasteiger partial charge in [-0.2, -0.15) is 4.98 Å². The number of carbonyl (C=O) groups excluding carboxylic acids is 1. The van der Waals surface area contributed by atoms with Crippen LogP contribution in [0.1, 0.15) is 33.6 Å². The van der Waals surface area contributed by atoms with Crippen molar-refractivity contribution in [2.75, 3.05) is 25.0 Å². The Morgan fingerprint density at radius 3 is 2.74 bits per heavy atom. The minimum Gasteiger partial charge on any atom is -0.444 e. The molecule has 1 amide bonds. The normalized spacial score (nSPS) is 15.7. The number of carbonyl (C=O) groups is 1. The van der Waals surface area contributed by atoms with Crippen molar-refractivity contribution in [3.63, 3.8) is 0 Å². The van der Waals surface area contributed by atoms with Gasteiger partial charge in [0.15, 0.2) is 5.58 Å². The summed E-state index contributed by atoms with van der Waals surface area (Å²) >= 11 is 0. The molecule has 27 heavy (non-hydrogen) atoms. The molecule has 0 radical (unpaired) electrons.